The predicted molar refractivity (Wildman–Crippen MR) is 39.0 cm³/mol. The summed E-state index contributed by atoms with van der Waals surface area (Å²) in [6, 6.07) is 0. The monoisotopic (exact) mass is 124 g/mol. The second-order valence-corrected chi connectivity index (χ2v) is 2.17. The Morgan fingerprint density at radius 3 is 1.50 bits per heavy atom. The molecule has 0 aliphatic carbocycles. The lowest BCUT2D eigenvalue weighted by molar-refractivity contribution is 1.54. The van der Waals surface area contributed by atoms with Gasteiger partial charge in [0.05, 0.1) is 0 Å². The zero-order chi connectivity index (χ0) is 5.41. The predicted octanol–water partition coefficient (Wildman–Crippen LogP) is 1.92. The van der Waals surface area contributed by atoms with Crippen LogP contribution in [-0.2, 0) is 0 Å². The van der Waals surface area contributed by atoms with E-state index in [1.807, 2.05) is 19.4 Å². The van der Waals surface area contributed by atoms with Gasteiger partial charge in [0, 0.05) is 0 Å². The van der Waals surface area contributed by atoms with Gasteiger partial charge in [-0.15, -0.1) is 0 Å². The van der Waals surface area contributed by atoms with Crippen LogP contribution < -0.4 is 0 Å². The van der Waals surface area contributed by atoms with Crippen LogP contribution in [0.25, 0.3) is 0 Å². The van der Waals surface area contributed by atoms with E-state index in [2.05, 4.69) is 12.6 Å². The first-order valence-corrected chi connectivity index (χ1v) is 4.11. The van der Waals surface area contributed by atoms with Gasteiger partial charge in [-0.25, -0.2) is 0 Å². The van der Waals surface area contributed by atoms with Crippen LogP contribution in [0.3, 0.4) is 0 Å². The van der Waals surface area contributed by atoms with Gasteiger partial charge in [-0.05, 0) is 18.3 Å². The van der Waals surface area contributed by atoms with Gasteiger partial charge in [-0.1, -0.05) is 6.92 Å². The molecule has 2 heteroatoms. The van der Waals surface area contributed by atoms with Crippen molar-refractivity contribution in [1.82, 2.24) is 0 Å². The molecule has 0 nitrogen and oxygen atoms in total. The number of thioether (sulfide) groups is 1. The van der Waals surface area contributed by atoms with Gasteiger partial charge in [0.1, 0.15) is 0 Å². The molecule has 0 radical (unpaired) electrons. The van der Waals surface area contributed by atoms with Crippen LogP contribution in [0.15, 0.2) is 0 Å². The molecule has 40 valence electrons. The van der Waals surface area contributed by atoms with Gasteiger partial charge in [-0.2, -0.15) is 24.4 Å². The van der Waals surface area contributed by atoms with Gasteiger partial charge in [0.15, 0.2) is 0 Å². The van der Waals surface area contributed by atoms with Crippen LogP contribution in [0, 0.1) is 0 Å². The third-order valence-electron chi connectivity index (χ3n) is 0. The van der Waals surface area contributed by atoms with Crippen molar-refractivity contribution in [3.05, 3.63) is 0 Å². The molecule has 0 saturated carbocycles. The molecule has 0 unspecified atom stereocenters. The van der Waals surface area contributed by atoms with E-state index in [9.17, 15) is 0 Å². The molecular formula is C4H12S2. The van der Waals surface area contributed by atoms with E-state index in [0.717, 1.165) is 5.75 Å². The highest BCUT2D eigenvalue weighted by Gasteiger charge is 1.35. The fourth-order valence-electron chi connectivity index (χ4n) is 0. The van der Waals surface area contributed by atoms with E-state index in [1.165, 1.54) is 0 Å². The maximum absolute atomic E-state index is 3.79. The van der Waals surface area contributed by atoms with Crippen LogP contribution in [0.4, 0.5) is 0 Å². The number of hydrogen-bond donors (Lipinski definition) is 1. The quantitative estimate of drug-likeness (QED) is 0.481. The fourth-order valence-corrected chi connectivity index (χ4v) is 0. The van der Waals surface area contributed by atoms with Crippen molar-refractivity contribution in [2.75, 3.05) is 18.3 Å². The molecule has 0 saturated heterocycles. The fraction of sp³-hybridized carbons (Fsp3) is 1.00. The summed E-state index contributed by atoms with van der Waals surface area (Å²) >= 11 is 5.54. The zero-order valence-corrected chi connectivity index (χ0v) is 6.27. The van der Waals surface area contributed by atoms with E-state index in [0.29, 0.717) is 0 Å². The zero-order valence-electron chi connectivity index (χ0n) is 4.56. The summed E-state index contributed by atoms with van der Waals surface area (Å²) in [7, 11) is 0. The van der Waals surface area contributed by atoms with Crippen molar-refractivity contribution in [1.29, 1.82) is 0 Å². The van der Waals surface area contributed by atoms with Gasteiger partial charge >= 0.3 is 0 Å². The highest BCUT2D eigenvalue weighted by Crippen LogP contribution is 1.70. The van der Waals surface area contributed by atoms with Crippen molar-refractivity contribution >= 4 is 24.4 Å². The Morgan fingerprint density at radius 1 is 1.50 bits per heavy atom. The summed E-state index contributed by atoms with van der Waals surface area (Å²) in [5.74, 6) is 0.944. The Labute approximate surface area is 50.1 Å². The van der Waals surface area contributed by atoms with Crippen molar-refractivity contribution in [3.63, 3.8) is 0 Å². The Bertz CT molecular complexity index is 7.51. The third kappa shape index (κ3) is 131. The normalized spacial score (nSPS) is 6.00. The van der Waals surface area contributed by atoms with E-state index in [-0.39, 0.29) is 0 Å². The first-order chi connectivity index (χ1) is 2.83. The SMILES string of the molecule is CCS.CSC. The van der Waals surface area contributed by atoms with Crippen LogP contribution in [-0.4, -0.2) is 18.3 Å². The summed E-state index contributed by atoms with van der Waals surface area (Å²) in [5.41, 5.74) is 0. The lowest BCUT2D eigenvalue weighted by atomic mass is 11.0. The minimum absolute atomic E-state index is 0.944. The van der Waals surface area contributed by atoms with E-state index >= 15 is 0 Å². The first-order valence-electron chi connectivity index (χ1n) is 1.84. The number of rotatable bonds is 0. The summed E-state index contributed by atoms with van der Waals surface area (Å²) in [4.78, 5) is 0. The molecular weight excluding hydrogens is 112 g/mol. The molecule has 0 rings (SSSR count). The minimum Gasteiger partial charge on any atom is -0.180 e. The van der Waals surface area contributed by atoms with Gasteiger partial charge in [0.2, 0.25) is 0 Å². The topological polar surface area (TPSA) is 0 Å². The molecule has 0 bridgehead atoms. The van der Waals surface area contributed by atoms with Crippen molar-refractivity contribution in [2.45, 2.75) is 6.92 Å². The van der Waals surface area contributed by atoms with Crippen molar-refractivity contribution in [3.8, 4) is 0 Å². The Morgan fingerprint density at radius 2 is 1.50 bits per heavy atom. The van der Waals surface area contributed by atoms with Gasteiger partial charge in [-0.3, -0.25) is 0 Å². The Kier molecular flexibility index (Phi) is 28.4. The summed E-state index contributed by atoms with van der Waals surface area (Å²) < 4.78 is 0. The first kappa shape index (κ1) is 9.85. The Hall–Kier alpha value is 0.700. The Balaban J connectivity index is 0. The standard InChI is InChI=1S/2C2H6S/c1-3-2;1-2-3/h1-2H3;3H,2H2,1H3. The molecule has 6 heavy (non-hydrogen) atoms. The number of hydrogen-bond acceptors (Lipinski definition) is 2. The molecule has 0 N–H and O–H groups in total. The van der Waals surface area contributed by atoms with Crippen LogP contribution in [0.2, 0.25) is 0 Å². The highest BCUT2D eigenvalue weighted by atomic mass is 32.2. The molecule has 0 aromatic carbocycles. The average Bonchev–Trinajstić information content (AvgIpc) is 1.39. The van der Waals surface area contributed by atoms with Crippen LogP contribution >= 0.6 is 24.4 Å². The summed E-state index contributed by atoms with van der Waals surface area (Å²) in [5, 5.41) is 0. The maximum atomic E-state index is 3.79. The second-order valence-electron chi connectivity index (χ2n) is 0.724. The number of thiol groups is 1. The third-order valence-corrected chi connectivity index (χ3v) is 0. The molecule has 0 aromatic rings. The summed E-state index contributed by atoms with van der Waals surface area (Å²) in [6.07, 6.45) is 4.08. The molecule has 0 atom stereocenters. The average molecular weight is 124 g/mol. The van der Waals surface area contributed by atoms with Gasteiger partial charge < -0.3 is 0 Å². The van der Waals surface area contributed by atoms with E-state index in [1.54, 1.807) is 11.8 Å². The van der Waals surface area contributed by atoms with Crippen LogP contribution in [0.1, 0.15) is 6.92 Å². The molecule has 0 aromatic heterocycles. The summed E-state index contributed by atoms with van der Waals surface area (Å²) in [6.45, 7) is 1.99. The second kappa shape index (κ2) is 17.3. The molecule has 0 spiro atoms. The largest absolute Gasteiger partial charge is 0.180 e. The highest BCUT2D eigenvalue weighted by molar-refractivity contribution is 7.97. The van der Waals surface area contributed by atoms with E-state index in [4.69, 9.17) is 0 Å². The van der Waals surface area contributed by atoms with Crippen LogP contribution in [0.5, 0.6) is 0 Å². The molecule has 0 amide bonds. The smallest absolute Gasteiger partial charge is 0.0126 e. The lowest BCUT2D eigenvalue weighted by Gasteiger charge is -1.51. The van der Waals surface area contributed by atoms with Crippen molar-refractivity contribution < 1.29 is 0 Å². The molecule has 0 heterocycles. The molecule has 0 fully saturated rings. The lowest BCUT2D eigenvalue weighted by Crippen LogP contribution is -1.36. The van der Waals surface area contributed by atoms with Crippen molar-refractivity contribution in [2.24, 2.45) is 0 Å². The molecule has 0 aliphatic rings. The van der Waals surface area contributed by atoms with E-state index < -0.39 is 0 Å². The maximum Gasteiger partial charge on any atom is -0.0126 e. The molecule has 0 aliphatic heterocycles. The minimum atomic E-state index is 0.944. The van der Waals surface area contributed by atoms with Gasteiger partial charge in [0.25, 0.3) is 0 Å².